The Morgan fingerprint density at radius 3 is 2.63 bits per heavy atom. The predicted molar refractivity (Wildman–Crippen MR) is 110 cm³/mol. The first-order chi connectivity index (χ1) is 13.1. The number of hydrazone groups is 1. The summed E-state index contributed by atoms with van der Waals surface area (Å²) < 4.78 is 0. The number of rotatable bonds is 6. The summed E-state index contributed by atoms with van der Waals surface area (Å²) in [6.45, 7) is 9.14. The lowest BCUT2D eigenvalue weighted by Crippen LogP contribution is -3.15. The number of quaternary nitrogens is 1. The van der Waals surface area contributed by atoms with Crippen LogP contribution in [0.1, 0.15) is 23.1 Å². The molecule has 1 saturated heterocycles. The molecule has 1 aliphatic rings. The molecular weight excluding hydrogens is 336 g/mol. The van der Waals surface area contributed by atoms with Gasteiger partial charge in [0.15, 0.2) is 0 Å². The molecule has 0 radical (unpaired) electrons. The molecule has 1 amide bonds. The van der Waals surface area contributed by atoms with Crippen LogP contribution in [0.2, 0.25) is 0 Å². The fourth-order valence-corrected chi connectivity index (χ4v) is 3.39. The Kier molecular flexibility index (Phi) is 6.60. The van der Waals surface area contributed by atoms with Crippen molar-refractivity contribution in [3.63, 3.8) is 0 Å². The van der Waals surface area contributed by atoms with E-state index in [2.05, 4.69) is 64.8 Å². The average molecular weight is 366 g/mol. The second-order valence-electron chi connectivity index (χ2n) is 7.23. The summed E-state index contributed by atoms with van der Waals surface area (Å²) in [5, 5.41) is 4.12. The second kappa shape index (κ2) is 9.33. The summed E-state index contributed by atoms with van der Waals surface area (Å²) in [5.74, 6) is -0.0189. The summed E-state index contributed by atoms with van der Waals surface area (Å²) >= 11 is 0. The minimum absolute atomic E-state index is 0.0189. The van der Waals surface area contributed by atoms with Gasteiger partial charge in [0.25, 0.3) is 0 Å². The minimum Gasteiger partial charge on any atom is -0.360 e. The van der Waals surface area contributed by atoms with E-state index in [1.54, 1.807) is 6.21 Å². The van der Waals surface area contributed by atoms with Crippen molar-refractivity contribution in [2.45, 2.75) is 20.3 Å². The van der Waals surface area contributed by atoms with E-state index >= 15 is 0 Å². The van der Waals surface area contributed by atoms with Crippen LogP contribution in [0.3, 0.4) is 0 Å². The van der Waals surface area contributed by atoms with E-state index in [0.29, 0.717) is 6.42 Å². The molecule has 2 N–H and O–H groups in total. The first-order valence-corrected chi connectivity index (χ1v) is 9.64. The first kappa shape index (κ1) is 19.1. The van der Waals surface area contributed by atoms with Gasteiger partial charge in [-0.2, -0.15) is 5.10 Å². The van der Waals surface area contributed by atoms with Crippen LogP contribution in [0, 0.1) is 13.8 Å². The fourth-order valence-electron chi connectivity index (χ4n) is 3.39. The number of nitrogens with zero attached hydrogens (tertiary/aromatic N) is 2. The Morgan fingerprint density at radius 2 is 1.89 bits per heavy atom. The maximum Gasteiger partial charge on any atom is 0.245 e. The molecule has 1 heterocycles. The highest BCUT2D eigenvalue weighted by Gasteiger charge is 2.20. The Labute approximate surface area is 161 Å². The van der Waals surface area contributed by atoms with Crippen molar-refractivity contribution >= 4 is 17.8 Å². The number of para-hydroxylation sites is 1. The summed E-state index contributed by atoms with van der Waals surface area (Å²) in [4.78, 5) is 16.0. The Morgan fingerprint density at radius 1 is 1.15 bits per heavy atom. The van der Waals surface area contributed by atoms with E-state index in [1.165, 1.54) is 16.2 Å². The van der Waals surface area contributed by atoms with Crippen LogP contribution in [-0.2, 0) is 4.79 Å². The zero-order valence-corrected chi connectivity index (χ0v) is 16.2. The maximum atomic E-state index is 12.1. The normalized spacial score (nSPS) is 15.3. The SMILES string of the molecule is Cc1ccc(C)c(C=NNC(=O)CC[NH+]2CCN(c3ccccc3)CC2)c1. The lowest BCUT2D eigenvalue weighted by molar-refractivity contribution is -0.900. The van der Waals surface area contributed by atoms with Gasteiger partial charge in [-0.15, -0.1) is 0 Å². The lowest BCUT2D eigenvalue weighted by Gasteiger charge is -2.33. The van der Waals surface area contributed by atoms with Crippen LogP contribution in [0.4, 0.5) is 5.69 Å². The van der Waals surface area contributed by atoms with Crippen molar-refractivity contribution < 1.29 is 9.69 Å². The van der Waals surface area contributed by atoms with E-state index in [-0.39, 0.29) is 5.91 Å². The third kappa shape index (κ3) is 5.66. The van der Waals surface area contributed by atoms with Crippen molar-refractivity contribution in [1.82, 2.24) is 5.43 Å². The Bertz CT molecular complexity index is 780. The highest BCUT2D eigenvalue weighted by molar-refractivity contribution is 5.84. The summed E-state index contributed by atoms with van der Waals surface area (Å²) in [5.41, 5.74) is 7.32. The van der Waals surface area contributed by atoms with Crippen LogP contribution >= 0.6 is 0 Å². The molecule has 27 heavy (non-hydrogen) atoms. The number of piperazine rings is 1. The van der Waals surface area contributed by atoms with Gasteiger partial charge in [-0.3, -0.25) is 4.79 Å². The second-order valence-corrected chi connectivity index (χ2v) is 7.23. The fraction of sp³-hybridized carbons (Fsp3) is 0.364. The van der Waals surface area contributed by atoms with E-state index in [1.807, 2.05) is 13.0 Å². The topological polar surface area (TPSA) is 49.1 Å². The average Bonchev–Trinajstić information content (AvgIpc) is 2.70. The molecule has 0 unspecified atom stereocenters. The van der Waals surface area contributed by atoms with Crippen molar-refractivity contribution in [3.05, 3.63) is 65.2 Å². The molecular formula is C22H29N4O+. The van der Waals surface area contributed by atoms with Gasteiger partial charge in [0.2, 0.25) is 5.91 Å². The van der Waals surface area contributed by atoms with Gasteiger partial charge >= 0.3 is 0 Å². The first-order valence-electron chi connectivity index (χ1n) is 9.64. The van der Waals surface area contributed by atoms with Gasteiger partial charge in [-0.25, -0.2) is 5.43 Å². The predicted octanol–water partition coefficient (Wildman–Crippen LogP) is 1.55. The Balaban J connectivity index is 1.38. The number of amides is 1. The van der Waals surface area contributed by atoms with E-state index in [9.17, 15) is 4.79 Å². The van der Waals surface area contributed by atoms with E-state index in [4.69, 9.17) is 0 Å². The summed E-state index contributed by atoms with van der Waals surface area (Å²) in [6.07, 6.45) is 2.23. The largest absolute Gasteiger partial charge is 0.360 e. The van der Waals surface area contributed by atoms with E-state index < -0.39 is 0 Å². The van der Waals surface area contributed by atoms with Crippen LogP contribution in [0.15, 0.2) is 53.6 Å². The third-order valence-corrected chi connectivity index (χ3v) is 5.13. The number of anilines is 1. The van der Waals surface area contributed by atoms with Crippen LogP contribution in [0.25, 0.3) is 0 Å². The molecule has 3 rings (SSSR count). The lowest BCUT2D eigenvalue weighted by atomic mass is 10.1. The summed E-state index contributed by atoms with van der Waals surface area (Å²) in [7, 11) is 0. The number of benzene rings is 2. The van der Waals surface area contributed by atoms with Crippen LogP contribution in [0.5, 0.6) is 0 Å². The van der Waals surface area contributed by atoms with Gasteiger partial charge < -0.3 is 9.80 Å². The van der Waals surface area contributed by atoms with Crippen molar-refractivity contribution in [2.75, 3.05) is 37.6 Å². The van der Waals surface area contributed by atoms with Crippen LogP contribution < -0.4 is 15.2 Å². The molecule has 0 spiro atoms. The zero-order valence-electron chi connectivity index (χ0n) is 16.2. The highest BCUT2D eigenvalue weighted by atomic mass is 16.2. The Hall–Kier alpha value is -2.66. The van der Waals surface area contributed by atoms with Gasteiger partial charge in [0.05, 0.1) is 45.4 Å². The number of hydrogen-bond donors (Lipinski definition) is 2. The molecule has 1 aliphatic heterocycles. The standard InChI is InChI=1S/C22H28N4O/c1-18-8-9-19(2)20(16-18)17-23-24-22(27)10-11-25-12-14-26(15-13-25)21-6-4-3-5-7-21/h3-9,16-17H,10-15H2,1-2H3,(H,24,27)/p+1. The van der Waals surface area contributed by atoms with Crippen molar-refractivity contribution in [3.8, 4) is 0 Å². The molecule has 5 nitrogen and oxygen atoms in total. The number of carbonyl (C=O) groups excluding carboxylic acids is 1. The molecule has 2 aromatic carbocycles. The number of carbonyl (C=O) groups is 1. The quantitative estimate of drug-likeness (QED) is 0.603. The van der Waals surface area contributed by atoms with Gasteiger partial charge in [-0.05, 0) is 37.1 Å². The molecule has 0 atom stereocenters. The van der Waals surface area contributed by atoms with Crippen molar-refractivity contribution in [2.24, 2.45) is 5.10 Å². The van der Waals surface area contributed by atoms with Crippen molar-refractivity contribution in [1.29, 1.82) is 0 Å². The molecule has 1 fully saturated rings. The van der Waals surface area contributed by atoms with E-state index in [0.717, 1.165) is 43.9 Å². The monoisotopic (exact) mass is 365 g/mol. The molecule has 5 heteroatoms. The highest BCUT2D eigenvalue weighted by Crippen LogP contribution is 2.12. The molecule has 142 valence electrons. The molecule has 0 aliphatic carbocycles. The van der Waals surface area contributed by atoms with Gasteiger partial charge in [-0.1, -0.05) is 42.0 Å². The number of aryl methyl sites for hydroxylation is 2. The van der Waals surface area contributed by atoms with Gasteiger partial charge in [0, 0.05) is 5.69 Å². The molecule has 2 aromatic rings. The molecule has 0 bridgehead atoms. The van der Waals surface area contributed by atoms with Crippen LogP contribution in [-0.4, -0.2) is 44.8 Å². The minimum atomic E-state index is -0.0189. The zero-order chi connectivity index (χ0) is 19.1. The third-order valence-electron chi connectivity index (χ3n) is 5.13. The number of nitrogens with one attached hydrogen (secondary N) is 2. The smallest absolute Gasteiger partial charge is 0.245 e. The van der Waals surface area contributed by atoms with Gasteiger partial charge in [0.1, 0.15) is 0 Å². The maximum absolute atomic E-state index is 12.1. The summed E-state index contributed by atoms with van der Waals surface area (Å²) in [6, 6.07) is 16.7. The molecule has 0 saturated carbocycles. The number of hydrogen-bond acceptors (Lipinski definition) is 3. The molecule has 0 aromatic heterocycles.